The van der Waals surface area contributed by atoms with Gasteiger partial charge in [-0.3, -0.25) is 0 Å². The third-order valence-corrected chi connectivity index (χ3v) is 4.62. The minimum Gasteiger partial charge on any atom is -0.330 e. The first-order valence-corrected chi connectivity index (χ1v) is 6.56. The van der Waals surface area contributed by atoms with Gasteiger partial charge in [0, 0.05) is 13.1 Å². The normalized spacial score (nSPS) is 28.1. The van der Waals surface area contributed by atoms with E-state index in [2.05, 4.69) is 0 Å². The molecule has 0 amide bonds. The molecule has 2 N–H and O–H groups in total. The molecular formula is C9H20N2O2S. The van der Waals surface area contributed by atoms with Crippen LogP contribution < -0.4 is 5.73 Å². The van der Waals surface area contributed by atoms with E-state index in [1.807, 2.05) is 20.8 Å². The summed E-state index contributed by atoms with van der Waals surface area (Å²) in [6, 6.07) is 0. The van der Waals surface area contributed by atoms with Crippen LogP contribution in [0.1, 0.15) is 20.8 Å². The van der Waals surface area contributed by atoms with Crippen LogP contribution in [0.15, 0.2) is 0 Å². The van der Waals surface area contributed by atoms with Gasteiger partial charge in [0.1, 0.15) is 0 Å². The van der Waals surface area contributed by atoms with Gasteiger partial charge in [-0.25, -0.2) is 12.7 Å². The lowest BCUT2D eigenvalue weighted by Crippen LogP contribution is -2.39. The molecule has 1 unspecified atom stereocenters. The maximum absolute atomic E-state index is 11.7. The highest BCUT2D eigenvalue weighted by atomic mass is 32.2. The molecule has 1 saturated heterocycles. The SMILES string of the molecule is CC1CN(CC(C)(C)CN)S(=O)(=O)C1. The molecule has 0 radical (unpaired) electrons. The van der Waals surface area contributed by atoms with Crippen LogP contribution in [-0.2, 0) is 10.0 Å². The summed E-state index contributed by atoms with van der Waals surface area (Å²) in [6.07, 6.45) is 0. The Labute approximate surface area is 86.5 Å². The van der Waals surface area contributed by atoms with Crippen LogP contribution in [0, 0.1) is 11.3 Å². The van der Waals surface area contributed by atoms with Crippen LogP contribution in [0.4, 0.5) is 0 Å². The minimum atomic E-state index is -3.00. The Morgan fingerprint density at radius 3 is 2.43 bits per heavy atom. The summed E-state index contributed by atoms with van der Waals surface area (Å²) in [5.74, 6) is 0.529. The summed E-state index contributed by atoms with van der Waals surface area (Å²) in [5, 5.41) is 0. The smallest absolute Gasteiger partial charge is 0.214 e. The van der Waals surface area contributed by atoms with Crippen molar-refractivity contribution in [2.24, 2.45) is 17.1 Å². The van der Waals surface area contributed by atoms with Gasteiger partial charge < -0.3 is 5.73 Å². The first-order chi connectivity index (χ1) is 6.27. The van der Waals surface area contributed by atoms with Crippen molar-refractivity contribution in [1.82, 2.24) is 4.31 Å². The molecule has 1 aliphatic heterocycles. The van der Waals surface area contributed by atoms with Crippen LogP contribution in [0.25, 0.3) is 0 Å². The van der Waals surface area contributed by atoms with Crippen LogP contribution in [0.3, 0.4) is 0 Å². The van der Waals surface area contributed by atoms with Crippen molar-refractivity contribution in [1.29, 1.82) is 0 Å². The van der Waals surface area contributed by atoms with Crippen LogP contribution in [0.5, 0.6) is 0 Å². The van der Waals surface area contributed by atoms with E-state index in [0.717, 1.165) is 0 Å². The van der Waals surface area contributed by atoms with Crippen molar-refractivity contribution >= 4 is 10.0 Å². The Balaban J connectivity index is 2.71. The second-order valence-electron chi connectivity index (χ2n) is 5.04. The van der Waals surface area contributed by atoms with E-state index in [9.17, 15) is 8.42 Å². The monoisotopic (exact) mass is 220 g/mol. The molecule has 5 heteroatoms. The fourth-order valence-corrected chi connectivity index (χ4v) is 3.75. The number of hydrogen-bond donors (Lipinski definition) is 1. The predicted octanol–water partition coefficient (Wildman–Crippen LogP) is 0.253. The molecule has 4 nitrogen and oxygen atoms in total. The van der Waals surface area contributed by atoms with Crippen molar-refractivity contribution in [2.75, 3.05) is 25.4 Å². The molecule has 14 heavy (non-hydrogen) atoms. The number of sulfonamides is 1. The molecule has 0 spiro atoms. The maximum Gasteiger partial charge on any atom is 0.214 e. The molecular weight excluding hydrogens is 200 g/mol. The number of nitrogens with two attached hydrogens (primary N) is 1. The third-order valence-electron chi connectivity index (χ3n) is 2.56. The average molecular weight is 220 g/mol. The van der Waals surface area contributed by atoms with Crippen molar-refractivity contribution in [2.45, 2.75) is 20.8 Å². The first kappa shape index (κ1) is 11.9. The van der Waals surface area contributed by atoms with Gasteiger partial charge in [0.25, 0.3) is 0 Å². The lowest BCUT2D eigenvalue weighted by atomic mass is 9.94. The Kier molecular flexibility index (Phi) is 3.23. The van der Waals surface area contributed by atoms with E-state index >= 15 is 0 Å². The van der Waals surface area contributed by atoms with Crippen molar-refractivity contribution in [3.63, 3.8) is 0 Å². The molecule has 0 saturated carbocycles. The zero-order valence-electron chi connectivity index (χ0n) is 9.16. The summed E-state index contributed by atoms with van der Waals surface area (Å²) in [6.45, 7) is 7.64. The highest BCUT2D eigenvalue weighted by Gasteiger charge is 2.36. The van der Waals surface area contributed by atoms with E-state index in [4.69, 9.17) is 5.73 Å². The molecule has 0 aromatic heterocycles. The summed E-state index contributed by atoms with van der Waals surface area (Å²) in [7, 11) is -3.00. The summed E-state index contributed by atoms with van der Waals surface area (Å²) in [4.78, 5) is 0. The number of hydrogen-bond acceptors (Lipinski definition) is 3. The predicted molar refractivity (Wildman–Crippen MR) is 57.4 cm³/mol. The van der Waals surface area contributed by atoms with Gasteiger partial charge in [0.05, 0.1) is 5.75 Å². The van der Waals surface area contributed by atoms with Crippen molar-refractivity contribution in [3.8, 4) is 0 Å². The van der Waals surface area contributed by atoms with Crippen LogP contribution in [-0.4, -0.2) is 38.1 Å². The second kappa shape index (κ2) is 3.79. The largest absolute Gasteiger partial charge is 0.330 e. The molecule has 0 bridgehead atoms. The van der Waals surface area contributed by atoms with Gasteiger partial charge in [-0.05, 0) is 17.9 Å². The summed E-state index contributed by atoms with van der Waals surface area (Å²) in [5.41, 5.74) is 5.46. The van der Waals surface area contributed by atoms with E-state index in [-0.39, 0.29) is 17.1 Å². The van der Waals surface area contributed by atoms with E-state index in [0.29, 0.717) is 19.6 Å². The topological polar surface area (TPSA) is 63.4 Å². The Bertz CT molecular complexity index is 298. The van der Waals surface area contributed by atoms with Gasteiger partial charge in [0.15, 0.2) is 0 Å². The standard InChI is InChI=1S/C9H20N2O2S/c1-8-4-11(14(12,13)5-8)7-9(2,3)6-10/h8H,4-7,10H2,1-3H3. The molecule has 1 fully saturated rings. The van der Waals surface area contributed by atoms with E-state index in [1.54, 1.807) is 4.31 Å². The molecule has 1 aliphatic rings. The second-order valence-corrected chi connectivity index (χ2v) is 7.06. The number of nitrogens with zero attached hydrogens (tertiary/aromatic N) is 1. The Hall–Kier alpha value is -0.130. The molecule has 1 atom stereocenters. The summed E-state index contributed by atoms with van der Waals surface area (Å²) < 4.78 is 24.9. The number of rotatable bonds is 3. The average Bonchev–Trinajstić information content (AvgIpc) is 2.24. The minimum absolute atomic E-state index is 0.128. The van der Waals surface area contributed by atoms with Gasteiger partial charge in [-0.2, -0.15) is 0 Å². The lowest BCUT2D eigenvalue weighted by molar-refractivity contribution is 0.268. The van der Waals surface area contributed by atoms with Crippen molar-refractivity contribution in [3.05, 3.63) is 0 Å². The van der Waals surface area contributed by atoms with E-state index < -0.39 is 10.0 Å². The van der Waals surface area contributed by atoms with Gasteiger partial charge in [-0.15, -0.1) is 0 Å². The maximum atomic E-state index is 11.7. The molecule has 1 heterocycles. The molecule has 0 aromatic carbocycles. The lowest BCUT2D eigenvalue weighted by Gasteiger charge is -2.27. The van der Waals surface area contributed by atoms with Crippen LogP contribution in [0.2, 0.25) is 0 Å². The van der Waals surface area contributed by atoms with Gasteiger partial charge >= 0.3 is 0 Å². The Morgan fingerprint density at radius 2 is 2.07 bits per heavy atom. The summed E-state index contributed by atoms with van der Waals surface area (Å²) >= 11 is 0. The van der Waals surface area contributed by atoms with Gasteiger partial charge in [-0.1, -0.05) is 20.8 Å². The molecule has 0 aromatic rings. The van der Waals surface area contributed by atoms with Gasteiger partial charge in [0.2, 0.25) is 10.0 Å². The zero-order valence-corrected chi connectivity index (χ0v) is 9.97. The highest BCUT2D eigenvalue weighted by molar-refractivity contribution is 7.89. The fourth-order valence-electron chi connectivity index (χ4n) is 1.68. The third kappa shape index (κ3) is 2.68. The zero-order chi connectivity index (χ0) is 11.0. The molecule has 0 aliphatic carbocycles. The van der Waals surface area contributed by atoms with Crippen LogP contribution >= 0.6 is 0 Å². The Morgan fingerprint density at radius 1 is 1.50 bits per heavy atom. The first-order valence-electron chi connectivity index (χ1n) is 4.95. The molecule has 1 rings (SSSR count). The quantitative estimate of drug-likeness (QED) is 0.741. The van der Waals surface area contributed by atoms with E-state index in [1.165, 1.54) is 0 Å². The highest BCUT2D eigenvalue weighted by Crippen LogP contribution is 2.24. The van der Waals surface area contributed by atoms with Crippen molar-refractivity contribution < 1.29 is 8.42 Å². The fraction of sp³-hybridized carbons (Fsp3) is 1.00. The molecule has 84 valence electrons.